The molecule has 6 nitrogen and oxygen atoms in total. The Labute approximate surface area is 144 Å². The van der Waals surface area contributed by atoms with Gasteiger partial charge in [-0.1, -0.05) is 17.3 Å². The molecule has 0 aliphatic rings. The first kappa shape index (κ1) is 16.6. The van der Waals surface area contributed by atoms with E-state index < -0.39 is 11.7 Å². The van der Waals surface area contributed by atoms with Crippen LogP contribution in [0.15, 0.2) is 42.5 Å². The molecule has 0 fully saturated rings. The molecule has 2 aromatic carbocycles. The summed E-state index contributed by atoms with van der Waals surface area (Å²) in [4.78, 5) is 12.4. The Morgan fingerprint density at radius 2 is 2.00 bits per heavy atom. The van der Waals surface area contributed by atoms with E-state index in [1.807, 2.05) is 25.1 Å². The van der Waals surface area contributed by atoms with Crippen molar-refractivity contribution in [2.24, 2.45) is 0 Å². The fraction of sp³-hybridized carbons (Fsp3) is 0.167. The Balaban J connectivity index is 1.94. The standard InChI is InChI=1S/C18H17FN4O2/c1-11-7-8-16(25-3)15(9-11)23-12(2)17(21-22-23)18(24)20-14-6-4-5-13(19)10-14/h4-10H,1-3H3,(H,20,24). The lowest BCUT2D eigenvalue weighted by molar-refractivity contribution is 0.102. The molecular formula is C18H17FN4O2. The zero-order valence-electron chi connectivity index (χ0n) is 14.1. The van der Waals surface area contributed by atoms with Gasteiger partial charge in [-0.05, 0) is 49.7 Å². The van der Waals surface area contributed by atoms with Crippen LogP contribution in [0.25, 0.3) is 5.69 Å². The quantitative estimate of drug-likeness (QED) is 0.791. The van der Waals surface area contributed by atoms with Crippen molar-refractivity contribution >= 4 is 11.6 Å². The van der Waals surface area contributed by atoms with Crippen LogP contribution in [0.1, 0.15) is 21.7 Å². The minimum absolute atomic E-state index is 0.160. The van der Waals surface area contributed by atoms with E-state index in [2.05, 4.69) is 15.6 Å². The number of amides is 1. The van der Waals surface area contributed by atoms with E-state index in [0.29, 0.717) is 22.8 Å². The highest BCUT2D eigenvalue weighted by atomic mass is 19.1. The zero-order chi connectivity index (χ0) is 18.0. The van der Waals surface area contributed by atoms with Crippen LogP contribution in [0.5, 0.6) is 5.75 Å². The first-order valence-corrected chi connectivity index (χ1v) is 7.64. The average Bonchev–Trinajstić information content (AvgIpc) is 2.96. The van der Waals surface area contributed by atoms with E-state index in [1.54, 1.807) is 24.8 Å². The number of hydrogen-bond acceptors (Lipinski definition) is 4. The normalized spacial score (nSPS) is 10.6. The molecule has 0 saturated heterocycles. The summed E-state index contributed by atoms with van der Waals surface area (Å²) in [6.45, 7) is 3.69. The summed E-state index contributed by atoms with van der Waals surface area (Å²) >= 11 is 0. The smallest absolute Gasteiger partial charge is 0.278 e. The van der Waals surface area contributed by atoms with Gasteiger partial charge in [-0.15, -0.1) is 5.10 Å². The molecule has 0 spiro atoms. The Morgan fingerprint density at radius 3 is 2.72 bits per heavy atom. The number of nitrogens with zero attached hydrogens (tertiary/aromatic N) is 3. The van der Waals surface area contributed by atoms with Crippen molar-refractivity contribution in [1.82, 2.24) is 15.0 Å². The second kappa shape index (κ2) is 6.72. The van der Waals surface area contributed by atoms with Gasteiger partial charge in [0.1, 0.15) is 17.3 Å². The Hall–Kier alpha value is -3.22. The van der Waals surface area contributed by atoms with Gasteiger partial charge in [0.25, 0.3) is 5.91 Å². The highest BCUT2D eigenvalue weighted by molar-refractivity contribution is 6.03. The Kier molecular flexibility index (Phi) is 4.47. The van der Waals surface area contributed by atoms with E-state index in [1.165, 1.54) is 18.2 Å². The molecule has 3 aromatic rings. The average molecular weight is 340 g/mol. The lowest BCUT2D eigenvalue weighted by atomic mass is 10.2. The molecule has 0 aliphatic heterocycles. The predicted octanol–water partition coefficient (Wildman–Crippen LogP) is 3.28. The van der Waals surface area contributed by atoms with Crippen LogP contribution in [0, 0.1) is 19.7 Å². The van der Waals surface area contributed by atoms with Crippen molar-refractivity contribution in [1.29, 1.82) is 0 Å². The molecule has 1 amide bonds. The number of carbonyl (C=O) groups excluding carboxylic acids is 1. The molecule has 0 saturated carbocycles. The van der Waals surface area contributed by atoms with Gasteiger partial charge in [-0.25, -0.2) is 9.07 Å². The number of benzene rings is 2. The Bertz CT molecular complexity index is 937. The highest BCUT2D eigenvalue weighted by Crippen LogP contribution is 2.25. The van der Waals surface area contributed by atoms with Crippen LogP contribution in [-0.2, 0) is 0 Å². The fourth-order valence-corrected chi connectivity index (χ4v) is 2.49. The van der Waals surface area contributed by atoms with Crippen LogP contribution in [-0.4, -0.2) is 28.0 Å². The van der Waals surface area contributed by atoms with Gasteiger partial charge < -0.3 is 10.1 Å². The van der Waals surface area contributed by atoms with Crippen LogP contribution in [0.4, 0.5) is 10.1 Å². The monoisotopic (exact) mass is 340 g/mol. The Morgan fingerprint density at radius 1 is 1.20 bits per heavy atom. The highest BCUT2D eigenvalue weighted by Gasteiger charge is 2.19. The topological polar surface area (TPSA) is 69.0 Å². The minimum Gasteiger partial charge on any atom is -0.494 e. The van der Waals surface area contributed by atoms with Crippen molar-refractivity contribution in [3.8, 4) is 11.4 Å². The summed E-state index contributed by atoms with van der Waals surface area (Å²) < 4.78 is 20.2. The van der Waals surface area contributed by atoms with Crippen LogP contribution < -0.4 is 10.1 Å². The van der Waals surface area contributed by atoms with Gasteiger partial charge in [0.05, 0.1) is 12.8 Å². The van der Waals surface area contributed by atoms with Crippen LogP contribution in [0.2, 0.25) is 0 Å². The molecule has 7 heteroatoms. The van der Waals surface area contributed by atoms with Crippen molar-refractivity contribution in [2.45, 2.75) is 13.8 Å². The third kappa shape index (κ3) is 3.35. The van der Waals surface area contributed by atoms with E-state index in [9.17, 15) is 9.18 Å². The van der Waals surface area contributed by atoms with Gasteiger partial charge in [0.2, 0.25) is 0 Å². The summed E-state index contributed by atoms with van der Waals surface area (Å²) in [5.41, 5.74) is 2.78. The van der Waals surface area contributed by atoms with Gasteiger partial charge in [0, 0.05) is 5.69 Å². The molecule has 128 valence electrons. The fourth-order valence-electron chi connectivity index (χ4n) is 2.49. The lowest BCUT2D eigenvalue weighted by Gasteiger charge is -2.10. The number of anilines is 1. The van der Waals surface area contributed by atoms with Gasteiger partial charge in [-0.2, -0.15) is 0 Å². The first-order chi connectivity index (χ1) is 12.0. The number of ether oxygens (including phenoxy) is 1. The maximum Gasteiger partial charge on any atom is 0.278 e. The minimum atomic E-state index is -0.457. The molecular weight excluding hydrogens is 323 g/mol. The summed E-state index contributed by atoms with van der Waals surface area (Å²) in [5, 5.41) is 10.7. The number of carbonyl (C=O) groups is 1. The second-order valence-electron chi connectivity index (χ2n) is 5.58. The first-order valence-electron chi connectivity index (χ1n) is 7.64. The molecule has 3 rings (SSSR count). The predicted molar refractivity (Wildman–Crippen MR) is 91.7 cm³/mol. The number of hydrogen-bond donors (Lipinski definition) is 1. The molecule has 0 aliphatic carbocycles. The zero-order valence-corrected chi connectivity index (χ0v) is 14.1. The van der Waals surface area contributed by atoms with Crippen molar-refractivity contribution in [3.63, 3.8) is 0 Å². The maximum absolute atomic E-state index is 13.2. The molecule has 0 atom stereocenters. The van der Waals surface area contributed by atoms with E-state index >= 15 is 0 Å². The van der Waals surface area contributed by atoms with Gasteiger partial charge in [0.15, 0.2) is 5.69 Å². The second-order valence-corrected chi connectivity index (χ2v) is 5.58. The van der Waals surface area contributed by atoms with E-state index in [4.69, 9.17) is 4.74 Å². The number of rotatable bonds is 4. The van der Waals surface area contributed by atoms with E-state index in [-0.39, 0.29) is 5.69 Å². The van der Waals surface area contributed by atoms with Crippen molar-refractivity contribution < 1.29 is 13.9 Å². The van der Waals surface area contributed by atoms with Crippen LogP contribution >= 0.6 is 0 Å². The summed E-state index contributed by atoms with van der Waals surface area (Å²) in [5.74, 6) is -0.265. The maximum atomic E-state index is 13.2. The number of aromatic nitrogens is 3. The molecule has 1 N–H and O–H groups in total. The van der Waals surface area contributed by atoms with Gasteiger partial charge in [-0.3, -0.25) is 4.79 Å². The molecule has 0 radical (unpaired) electrons. The number of nitrogens with one attached hydrogen (secondary N) is 1. The number of halogens is 1. The summed E-state index contributed by atoms with van der Waals surface area (Å²) in [6, 6.07) is 11.3. The third-order valence-electron chi connectivity index (χ3n) is 3.75. The van der Waals surface area contributed by atoms with Gasteiger partial charge >= 0.3 is 0 Å². The summed E-state index contributed by atoms with van der Waals surface area (Å²) in [6.07, 6.45) is 0. The van der Waals surface area contributed by atoms with E-state index in [0.717, 1.165) is 5.56 Å². The van der Waals surface area contributed by atoms with Crippen LogP contribution in [0.3, 0.4) is 0 Å². The molecule has 0 unspecified atom stereocenters. The number of aryl methyl sites for hydroxylation is 1. The van der Waals surface area contributed by atoms with Crippen molar-refractivity contribution in [2.75, 3.05) is 12.4 Å². The molecule has 1 heterocycles. The lowest BCUT2D eigenvalue weighted by Crippen LogP contribution is -2.14. The van der Waals surface area contributed by atoms with Crippen molar-refractivity contribution in [3.05, 3.63) is 65.2 Å². The largest absolute Gasteiger partial charge is 0.494 e. The number of methoxy groups -OCH3 is 1. The molecule has 0 bridgehead atoms. The molecule has 1 aromatic heterocycles. The third-order valence-corrected chi connectivity index (χ3v) is 3.75. The summed E-state index contributed by atoms with van der Waals surface area (Å²) in [7, 11) is 1.57. The molecule has 25 heavy (non-hydrogen) atoms. The SMILES string of the molecule is COc1ccc(C)cc1-n1nnc(C(=O)Nc2cccc(F)c2)c1C.